The van der Waals surface area contributed by atoms with Crippen molar-refractivity contribution in [3.8, 4) is 0 Å². The first kappa shape index (κ1) is 28.5. The van der Waals surface area contributed by atoms with Gasteiger partial charge in [-0.15, -0.1) is 0 Å². The standard InChI is InChI=1S/C21H37N3O10/c1-4-6-13(28)24-20-14(23-10(3)27)18(31)19(11(7-25)9-32-20)34-21-15(22-5-2)17(30)16(29)12(8-26)33-21/h5,11-12,14-21,25-26,29-31H,4,6-9H2,1-3H3,(H,23,27)(H,24,28). The molecule has 0 saturated carbocycles. The molecular weight excluding hydrogens is 454 g/mol. The van der Waals surface area contributed by atoms with Crippen molar-refractivity contribution in [2.45, 2.75) is 88.7 Å². The van der Waals surface area contributed by atoms with Gasteiger partial charge in [0.1, 0.15) is 36.5 Å². The maximum absolute atomic E-state index is 12.2. The molecule has 2 saturated heterocycles. The highest BCUT2D eigenvalue weighted by molar-refractivity contribution is 5.76. The minimum absolute atomic E-state index is 0.144. The van der Waals surface area contributed by atoms with E-state index in [1.165, 1.54) is 13.1 Å². The minimum atomic E-state index is -1.48. The molecule has 0 aromatic rings. The number of aliphatic hydroxyl groups excluding tert-OH is 5. The van der Waals surface area contributed by atoms with Crippen LogP contribution in [-0.2, 0) is 23.8 Å². The van der Waals surface area contributed by atoms with Crippen LogP contribution < -0.4 is 10.6 Å². The summed E-state index contributed by atoms with van der Waals surface area (Å²) < 4.78 is 17.3. The number of hydrogen-bond donors (Lipinski definition) is 7. The zero-order valence-electron chi connectivity index (χ0n) is 19.6. The van der Waals surface area contributed by atoms with Gasteiger partial charge < -0.3 is 50.4 Å². The van der Waals surface area contributed by atoms with Crippen molar-refractivity contribution < 1.29 is 49.3 Å². The fraction of sp³-hybridized carbons (Fsp3) is 0.857. The molecule has 2 fully saturated rings. The average molecular weight is 492 g/mol. The van der Waals surface area contributed by atoms with E-state index in [1.54, 1.807) is 6.92 Å². The molecule has 2 rings (SSSR count). The lowest BCUT2D eigenvalue weighted by atomic mass is 9.93. The molecule has 196 valence electrons. The lowest BCUT2D eigenvalue weighted by Gasteiger charge is -2.43. The Labute approximate surface area is 198 Å². The van der Waals surface area contributed by atoms with Crippen molar-refractivity contribution in [3.05, 3.63) is 0 Å². The first-order valence-electron chi connectivity index (χ1n) is 11.4. The van der Waals surface area contributed by atoms with Crippen LogP contribution in [0.3, 0.4) is 0 Å². The molecule has 0 aliphatic carbocycles. The van der Waals surface area contributed by atoms with Gasteiger partial charge in [0.05, 0.1) is 25.9 Å². The molecule has 2 aliphatic heterocycles. The maximum atomic E-state index is 12.2. The number of carbonyl (C=O) groups is 2. The van der Waals surface area contributed by atoms with Crippen LogP contribution in [0.1, 0.15) is 33.6 Å². The Morgan fingerprint density at radius 1 is 1.12 bits per heavy atom. The Kier molecular flexibility index (Phi) is 11.2. The van der Waals surface area contributed by atoms with Gasteiger partial charge in [-0.2, -0.15) is 0 Å². The minimum Gasteiger partial charge on any atom is -0.396 e. The van der Waals surface area contributed by atoms with Gasteiger partial charge in [-0.1, -0.05) is 6.92 Å². The molecule has 10 atom stereocenters. The molecule has 13 nitrogen and oxygen atoms in total. The van der Waals surface area contributed by atoms with E-state index < -0.39 is 80.2 Å². The van der Waals surface area contributed by atoms with Crippen molar-refractivity contribution in [2.24, 2.45) is 10.9 Å². The van der Waals surface area contributed by atoms with Gasteiger partial charge in [-0.3, -0.25) is 14.6 Å². The largest absolute Gasteiger partial charge is 0.396 e. The first-order chi connectivity index (χ1) is 16.2. The molecule has 2 amide bonds. The molecule has 34 heavy (non-hydrogen) atoms. The second-order valence-electron chi connectivity index (χ2n) is 8.44. The third kappa shape index (κ3) is 6.92. The Bertz CT molecular complexity index is 696. The normalized spacial score (nSPS) is 38.9. The average Bonchev–Trinajstić information content (AvgIpc) is 2.90. The lowest BCUT2D eigenvalue weighted by Crippen LogP contribution is -2.62. The molecular formula is C21H37N3O10. The third-order valence-electron chi connectivity index (χ3n) is 5.83. The van der Waals surface area contributed by atoms with Gasteiger partial charge >= 0.3 is 0 Å². The fourth-order valence-electron chi connectivity index (χ4n) is 4.09. The van der Waals surface area contributed by atoms with Gasteiger partial charge in [0.25, 0.3) is 0 Å². The van der Waals surface area contributed by atoms with E-state index in [1.807, 2.05) is 6.92 Å². The molecule has 13 heteroatoms. The second-order valence-corrected chi connectivity index (χ2v) is 8.44. The van der Waals surface area contributed by atoms with E-state index in [9.17, 15) is 35.1 Å². The van der Waals surface area contributed by atoms with Crippen molar-refractivity contribution in [1.29, 1.82) is 0 Å². The van der Waals surface area contributed by atoms with Gasteiger partial charge in [0.15, 0.2) is 12.5 Å². The van der Waals surface area contributed by atoms with Crippen LogP contribution in [-0.4, -0.2) is 119 Å². The predicted molar refractivity (Wildman–Crippen MR) is 118 cm³/mol. The highest BCUT2D eigenvalue weighted by Gasteiger charge is 2.49. The van der Waals surface area contributed by atoms with E-state index >= 15 is 0 Å². The Morgan fingerprint density at radius 3 is 2.38 bits per heavy atom. The summed E-state index contributed by atoms with van der Waals surface area (Å²) in [6.07, 6.45) is -6.97. The van der Waals surface area contributed by atoms with Crippen LogP contribution in [0.5, 0.6) is 0 Å². The van der Waals surface area contributed by atoms with Crippen LogP contribution in [0.4, 0.5) is 0 Å². The Hall–Kier alpha value is -1.71. The summed E-state index contributed by atoms with van der Waals surface area (Å²) in [4.78, 5) is 28.1. The smallest absolute Gasteiger partial charge is 0.222 e. The number of hydrogen-bond acceptors (Lipinski definition) is 11. The van der Waals surface area contributed by atoms with Gasteiger partial charge in [-0.05, 0) is 19.6 Å². The van der Waals surface area contributed by atoms with E-state index in [-0.39, 0.29) is 18.9 Å². The quantitative estimate of drug-likeness (QED) is 0.163. The molecule has 0 aromatic heterocycles. The summed E-state index contributed by atoms with van der Waals surface area (Å²) >= 11 is 0. The number of rotatable bonds is 9. The zero-order chi connectivity index (χ0) is 25.4. The number of amides is 2. The monoisotopic (exact) mass is 491 g/mol. The zero-order valence-corrected chi connectivity index (χ0v) is 19.6. The lowest BCUT2D eigenvalue weighted by molar-refractivity contribution is -0.291. The molecule has 0 spiro atoms. The summed E-state index contributed by atoms with van der Waals surface area (Å²) in [7, 11) is 0. The molecule has 2 aliphatic rings. The number of aliphatic hydroxyl groups is 5. The Morgan fingerprint density at radius 2 is 1.82 bits per heavy atom. The molecule has 10 unspecified atom stereocenters. The van der Waals surface area contributed by atoms with Crippen LogP contribution >= 0.6 is 0 Å². The summed E-state index contributed by atoms with van der Waals surface area (Å²) in [5, 5.41) is 56.6. The van der Waals surface area contributed by atoms with Crippen molar-refractivity contribution in [1.82, 2.24) is 10.6 Å². The number of ether oxygens (including phenoxy) is 3. The highest BCUT2D eigenvalue weighted by atomic mass is 16.7. The predicted octanol–water partition coefficient (Wildman–Crippen LogP) is -2.98. The first-order valence-corrected chi connectivity index (χ1v) is 11.4. The molecule has 0 radical (unpaired) electrons. The van der Waals surface area contributed by atoms with Crippen LogP contribution in [0.25, 0.3) is 0 Å². The number of nitrogens with zero attached hydrogens (tertiary/aromatic N) is 1. The number of aliphatic imine (C=N–C) groups is 1. The number of carbonyl (C=O) groups excluding carboxylic acids is 2. The second kappa shape index (κ2) is 13.4. The molecule has 7 N–H and O–H groups in total. The van der Waals surface area contributed by atoms with Crippen molar-refractivity contribution in [3.63, 3.8) is 0 Å². The van der Waals surface area contributed by atoms with E-state index in [0.29, 0.717) is 6.42 Å². The third-order valence-corrected chi connectivity index (χ3v) is 5.83. The van der Waals surface area contributed by atoms with Crippen molar-refractivity contribution >= 4 is 18.0 Å². The van der Waals surface area contributed by atoms with Gasteiger partial charge in [0, 0.05) is 19.3 Å². The summed E-state index contributed by atoms with van der Waals surface area (Å²) in [6, 6.07) is -2.24. The fourth-order valence-corrected chi connectivity index (χ4v) is 4.09. The SMILES string of the molecule is CC=NC1C(OC2C(CO)COC(NC(=O)CCC)C(NC(C)=O)C2O)OC(CO)C(O)C1O. The number of nitrogens with one attached hydrogen (secondary N) is 2. The summed E-state index contributed by atoms with van der Waals surface area (Å²) in [5.41, 5.74) is 0. The van der Waals surface area contributed by atoms with Gasteiger partial charge in [0.2, 0.25) is 11.8 Å². The maximum Gasteiger partial charge on any atom is 0.222 e. The van der Waals surface area contributed by atoms with Crippen molar-refractivity contribution in [2.75, 3.05) is 19.8 Å². The summed E-state index contributed by atoms with van der Waals surface area (Å²) in [6.45, 7) is 3.42. The van der Waals surface area contributed by atoms with E-state index in [0.717, 1.165) is 0 Å². The Balaban J connectivity index is 2.34. The molecule has 2 heterocycles. The van der Waals surface area contributed by atoms with E-state index in [4.69, 9.17) is 14.2 Å². The topological polar surface area (TPSA) is 199 Å². The summed E-state index contributed by atoms with van der Waals surface area (Å²) in [5.74, 6) is -1.65. The van der Waals surface area contributed by atoms with Crippen LogP contribution in [0.15, 0.2) is 4.99 Å². The van der Waals surface area contributed by atoms with Gasteiger partial charge in [-0.25, -0.2) is 0 Å². The van der Waals surface area contributed by atoms with Crippen LogP contribution in [0.2, 0.25) is 0 Å². The molecule has 0 aromatic carbocycles. The highest BCUT2D eigenvalue weighted by Crippen LogP contribution is 2.30. The van der Waals surface area contributed by atoms with E-state index in [2.05, 4.69) is 15.6 Å². The van der Waals surface area contributed by atoms with Crippen LogP contribution in [0, 0.1) is 5.92 Å². The molecule has 0 bridgehead atoms.